The number of carboxylic acid groups (broad SMARTS) is 1. The number of pyridine rings is 1. The second kappa shape index (κ2) is 4.66. The highest BCUT2D eigenvalue weighted by molar-refractivity contribution is 7.89. The van der Waals surface area contributed by atoms with Crippen molar-refractivity contribution in [1.82, 2.24) is 9.29 Å². The average Bonchev–Trinajstić information content (AvgIpc) is 3.14. The molecule has 1 aliphatic rings. The summed E-state index contributed by atoms with van der Waals surface area (Å²) in [5.74, 6) is -1.12. The lowest BCUT2D eigenvalue weighted by atomic mass is 10.3. The van der Waals surface area contributed by atoms with Gasteiger partial charge in [0, 0.05) is 18.8 Å². The van der Waals surface area contributed by atoms with Gasteiger partial charge in [-0.1, -0.05) is 6.92 Å². The van der Waals surface area contributed by atoms with Crippen LogP contribution in [0.25, 0.3) is 0 Å². The molecule has 1 saturated carbocycles. The SMILES string of the molecule is CCN(C1CC1)S(=O)(=O)c1ccc(C(=O)O)cn1. The number of aromatic nitrogens is 1. The molecule has 1 N–H and O–H groups in total. The van der Waals surface area contributed by atoms with Crippen molar-refractivity contribution in [3.8, 4) is 0 Å². The molecule has 1 heterocycles. The highest BCUT2D eigenvalue weighted by Gasteiger charge is 2.37. The zero-order valence-corrected chi connectivity index (χ0v) is 10.7. The zero-order chi connectivity index (χ0) is 13.3. The summed E-state index contributed by atoms with van der Waals surface area (Å²) in [6, 6.07) is 2.56. The van der Waals surface area contributed by atoms with Crippen LogP contribution >= 0.6 is 0 Å². The maximum atomic E-state index is 12.2. The Kier molecular flexibility index (Phi) is 3.36. The third-order valence-corrected chi connectivity index (χ3v) is 4.77. The lowest BCUT2D eigenvalue weighted by Crippen LogP contribution is -2.33. The summed E-state index contributed by atoms with van der Waals surface area (Å²) in [5.41, 5.74) is -0.0246. The van der Waals surface area contributed by atoms with Crippen molar-refractivity contribution < 1.29 is 18.3 Å². The first kappa shape index (κ1) is 13.0. The van der Waals surface area contributed by atoms with Crippen LogP contribution in [0.3, 0.4) is 0 Å². The minimum atomic E-state index is -3.60. The molecule has 1 fully saturated rings. The van der Waals surface area contributed by atoms with E-state index in [-0.39, 0.29) is 16.6 Å². The lowest BCUT2D eigenvalue weighted by Gasteiger charge is -2.19. The molecule has 6 nitrogen and oxygen atoms in total. The third-order valence-electron chi connectivity index (χ3n) is 2.82. The molecule has 0 aromatic carbocycles. The van der Waals surface area contributed by atoms with E-state index in [0.29, 0.717) is 6.54 Å². The number of rotatable bonds is 5. The molecular formula is C11H14N2O4S. The largest absolute Gasteiger partial charge is 0.478 e. The molecule has 18 heavy (non-hydrogen) atoms. The second-order valence-corrected chi connectivity index (χ2v) is 5.97. The van der Waals surface area contributed by atoms with E-state index < -0.39 is 16.0 Å². The van der Waals surface area contributed by atoms with Crippen molar-refractivity contribution in [2.75, 3.05) is 6.54 Å². The van der Waals surface area contributed by atoms with Crippen LogP contribution in [0.4, 0.5) is 0 Å². The number of nitrogens with zero attached hydrogens (tertiary/aromatic N) is 2. The monoisotopic (exact) mass is 270 g/mol. The molecule has 0 amide bonds. The van der Waals surface area contributed by atoms with Crippen molar-refractivity contribution in [1.29, 1.82) is 0 Å². The Morgan fingerprint density at radius 1 is 1.50 bits per heavy atom. The van der Waals surface area contributed by atoms with E-state index in [0.717, 1.165) is 19.0 Å². The molecule has 0 spiro atoms. The highest BCUT2D eigenvalue weighted by atomic mass is 32.2. The van der Waals surface area contributed by atoms with Crippen molar-refractivity contribution in [3.05, 3.63) is 23.9 Å². The Morgan fingerprint density at radius 2 is 2.17 bits per heavy atom. The standard InChI is InChI=1S/C11H14N2O4S/c1-2-13(9-4-5-9)18(16,17)10-6-3-8(7-12-10)11(14)15/h3,6-7,9H,2,4-5H2,1H3,(H,14,15). The Hall–Kier alpha value is -1.47. The van der Waals surface area contributed by atoms with Crippen LogP contribution in [0.2, 0.25) is 0 Å². The second-order valence-electron chi connectivity index (χ2n) is 4.13. The quantitative estimate of drug-likeness (QED) is 0.860. The topological polar surface area (TPSA) is 87.6 Å². The minimum Gasteiger partial charge on any atom is -0.478 e. The smallest absolute Gasteiger partial charge is 0.337 e. The Labute approximate surface area is 105 Å². The molecule has 0 aliphatic heterocycles. The van der Waals surface area contributed by atoms with E-state index in [1.807, 2.05) is 0 Å². The predicted molar refractivity (Wildman–Crippen MR) is 63.8 cm³/mol. The first-order chi connectivity index (χ1) is 8.46. The van der Waals surface area contributed by atoms with Gasteiger partial charge < -0.3 is 5.11 Å². The minimum absolute atomic E-state index is 0.0246. The number of carbonyl (C=O) groups is 1. The molecule has 1 aromatic heterocycles. The van der Waals surface area contributed by atoms with Gasteiger partial charge in [0.15, 0.2) is 5.03 Å². The molecule has 0 unspecified atom stereocenters. The van der Waals surface area contributed by atoms with Crippen LogP contribution < -0.4 is 0 Å². The van der Waals surface area contributed by atoms with Gasteiger partial charge in [-0.15, -0.1) is 0 Å². The lowest BCUT2D eigenvalue weighted by molar-refractivity contribution is 0.0696. The van der Waals surface area contributed by atoms with Gasteiger partial charge in [-0.2, -0.15) is 4.31 Å². The molecule has 0 bridgehead atoms. The summed E-state index contributed by atoms with van der Waals surface area (Å²) >= 11 is 0. The van der Waals surface area contributed by atoms with Gasteiger partial charge in [0.25, 0.3) is 10.0 Å². The van der Waals surface area contributed by atoms with Crippen LogP contribution in [0.15, 0.2) is 23.4 Å². The van der Waals surface area contributed by atoms with Crippen molar-refractivity contribution in [3.63, 3.8) is 0 Å². The van der Waals surface area contributed by atoms with E-state index in [9.17, 15) is 13.2 Å². The molecule has 0 atom stereocenters. The Balaban J connectivity index is 2.31. The molecule has 2 rings (SSSR count). The van der Waals surface area contributed by atoms with Gasteiger partial charge >= 0.3 is 5.97 Å². The average molecular weight is 270 g/mol. The summed E-state index contributed by atoms with van der Waals surface area (Å²) in [5, 5.41) is 8.64. The van der Waals surface area contributed by atoms with Gasteiger partial charge in [0.1, 0.15) is 0 Å². The summed E-state index contributed by atoms with van der Waals surface area (Å²) in [6.45, 7) is 2.18. The van der Waals surface area contributed by atoms with Gasteiger partial charge in [-0.25, -0.2) is 18.2 Å². The first-order valence-corrected chi connectivity index (χ1v) is 7.12. The van der Waals surface area contributed by atoms with E-state index in [4.69, 9.17) is 5.11 Å². The van der Waals surface area contributed by atoms with E-state index >= 15 is 0 Å². The van der Waals surface area contributed by atoms with Crippen molar-refractivity contribution in [2.45, 2.75) is 30.8 Å². The van der Waals surface area contributed by atoms with Gasteiger partial charge in [-0.05, 0) is 25.0 Å². The molecule has 0 radical (unpaired) electrons. The Bertz CT molecular complexity index is 549. The van der Waals surface area contributed by atoms with Crippen LogP contribution in [0, 0.1) is 0 Å². The van der Waals surface area contributed by atoms with Crippen LogP contribution in [0.5, 0.6) is 0 Å². The van der Waals surface area contributed by atoms with E-state index in [1.54, 1.807) is 6.92 Å². The van der Waals surface area contributed by atoms with Crippen LogP contribution in [-0.4, -0.2) is 41.4 Å². The fourth-order valence-corrected chi connectivity index (χ4v) is 3.38. The molecule has 98 valence electrons. The highest BCUT2D eigenvalue weighted by Crippen LogP contribution is 2.31. The predicted octanol–water partition coefficient (Wildman–Crippen LogP) is 0.953. The number of carboxylic acids is 1. The van der Waals surface area contributed by atoms with Crippen molar-refractivity contribution >= 4 is 16.0 Å². The Morgan fingerprint density at radius 3 is 2.56 bits per heavy atom. The first-order valence-electron chi connectivity index (χ1n) is 5.68. The van der Waals surface area contributed by atoms with E-state index in [2.05, 4.69) is 4.98 Å². The summed E-state index contributed by atoms with van der Waals surface area (Å²) in [4.78, 5) is 14.4. The fourth-order valence-electron chi connectivity index (χ4n) is 1.77. The number of hydrogen-bond donors (Lipinski definition) is 1. The number of sulfonamides is 1. The molecule has 1 aliphatic carbocycles. The maximum absolute atomic E-state index is 12.2. The summed E-state index contributed by atoms with van der Waals surface area (Å²) < 4.78 is 25.9. The summed E-state index contributed by atoms with van der Waals surface area (Å²) in [7, 11) is -3.60. The maximum Gasteiger partial charge on any atom is 0.337 e. The third kappa shape index (κ3) is 2.37. The number of hydrogen-bond acceptors (Lipinski definition) is 4. The molecular weight excluding hydrogens is 256 g/mol. The normalized spacial score (nSPS) is 15.9. The summed E-state index contributed by atoms with van der Waals surface area (Å²) in [6.07, 6.45) is 2.82. The van der Waals surface area contributed by atoms with Crippen LogP contribution in [-0.2, 0) is 10.0 Å². The number of aromatic carboxylic acids is 1. The molecule has 0 saturated heterocycles. The van der Waals surface area contributed by atoms with Gasteiger partial charge in [0.2, 0.25) is 0 Å². The zero-order valence-electron chi connectivity index (χ0n) is 9.91. The molecule has 7 heteroatoms. The van der Waals surface area contributed by atoms with Crippen molar-refractivity contribution in [2.24, 2.45) is 0 Å². The fraction of sp³-hybridized carbons (Fsp3) is 0.455. The molecule has 1 aromatic rings. The van der Waals surface area contributed by atoms with Crippen LogP contribution in [0.1, 0.15) is 30.1 Å². The van der Waals surface area contributed by atoms with Gasteiger partial charge in [-0.3, -0.25) is 0 Å². The van der Waals surface area contributed by atoms with Gasteiger partial charge in [0.05, 0.1) is 5.56 Å². The van der Waals surface area contributed by atoms with E-state index in [1.165, 1.54) is 16.4 Å².